The highest BCUT2D eigenvalue weighted by Crippen LogP contribution is 2.30. The van der Waals surface area contributed by atoms with Gasteiger partial charge in [-0.1, -0.05) is 6.07 Å². The minimum atomic E-state index is -0.332. The number of rotatable bonds is 2. The molecule has 0 aromatic carbocycles. The second-order valence-electron chi connectivity index (χ2n) is 5.19. The highest BCUT2D eigenvalue weighted by atomic mass is 16.7. The van der Waals surface area contributed by atoms with Crippen molar-refractivity contribution in [2.75, 3.05) is 26.3 Å². The number of pyridine rings is 1. The molecule has 0 saturated carbocycles. The zero-order valence-electron chi connectivity index (χ0n) is 10.9. The summed E-state index contributed by atoms with van der Waals surface area (Å²) in [6.07, 6.45) is 4.02. The van der Waals surface area contributed by atoms with E-state index in [0.717, 1.165) is 51.4 Å². The molecule has 0 N–H and O–H groups in total. The van der Waals surface area contributed by atoms with Crippen molar-refractivity contribution in [1.82, 2.24) is 9.88 Å². The van der Waals surface area contributed by atoms with Crippen LogP contribution in [0.4, 0.5) is 0 Å². The molecule has 2 aliphatic rings. The molecule has 2 aliphatic heterocycles. The maximum Gasteiger partial charge on any atom is 0.181 e. The summed E-state index contributed by atoms with van der Waals surface area (Å²) in [5.74, 6) is -0.332. The number of aryl methyl sites for hydroxylation is 1. The van der Waals surface area contributed by atoms with Crippen LogP contribution in [0.1, 0.15) is 24.1 Å². The molecular formula is C14H20N2O2. The number of likely N-dealkylation sites (tertiary alicyclic amines) is 1. The van der Waals surface area contributed by atoms with E-state index >= 15 is 0 Å². The molecule has 1 spiro atoms. The van der Waals surface area contributed by atoms with Crippen molar-refractivity contribution < 1.29 is 9.47 Å². The Kier molecular flexibility index (Phi) is 3.33. The molecule has 1 aromatic heterocycles. The van der Waals surface area contributed by atoms with Gasteiger partial charge >= 0.3 is 0 Å². The second-order valence-corrected chi connectivity index (χ2v) is 5.19. The third-order valence-electron chi connectivity index (χ3n) is 3.80. The molecule has 18 heavy (non-hydrogen) atoms. The zero-order valence-corrected chi connectivity index (χ0v) is 10.9. The standard InChI is InChI=1S/C14H20N2O2/c1-12-4-2-6-15-13(12)10-16-7-3-5-14(11-16)17-8-9-18-14/h2,4,6H,3,5,7-11H2,1H3. The van der Waals surface area contributed by atoms with Gasteiger partial charge in [-0.05, 0) is 31.5 Å². The molecule has 3 rings (SSSR count). The summed E-state index contributed by atoms with van der Waals surface area (Å²) >= 11 is 0. The minimum absolute atomic E-state index is 0.332. The highest BCUT2D eigenvalue weighted by Gasteiger charge is 2.40. The average molecular weight is 248 g/mol. The van der Waals surface area contributed by atoms with Gasteiger partial charge in [0.1, 0.15) is 0 Å². The SMILES string of the molecule is Cc1cccnc1CN1CCCC2(C1)OCCO2. The molecule has 4 heteroatoms. The van der Waals surface area contributed by atoms with Crippen molar-refractivity contribution in [1.29, 1.82) is 0 Å². The van der Waals surface area contributed by atoms with Gasteiger partial charge in [-0.2, -0.15) is 0 Å². The quantitative estimate of drug-likeness (QED) is 0.798. The van der Waals surface area contributed by atoms with E-state index in [1.54, 1.807) is 0 Å². The first-order valence-corrected chi connectivity index (χ1v) is 6.68. The molecule has 0 radical (unpaired) electrons. The molecule has 0 atom stereocenters. The van der Waals surface area contributed by atoms with Crippen LogP contribution in [-0.4, -0.2) is 42.0 Å². The van der Waals surface area contributed by atoms with Crippen LogP contribution in [0.3, 0.4) is 0 Å². The van der Waals surface area contributed by atoms with Gasteiger partial charge in [0.2, 0.25) is 0 Å². The largest absolute Gasteiger partial charge is 0.346 e. The van der Waals surface area contributed by atoms with E-state index in [2.05, 4.69) is 22.9 Å². The van der Waals surface area contributed by atoms with E-state index in [1.165, 1.54) is 5.56 Å². The first-order valence-electron chi connectivity index (χ1n) is 6.68. The van der Waals surface area contributed by atoms with Crippen LogP contribution in [0, 0.1) is 6.92 Å². The lowest BCUT2D eigenvalue weighted by Crippen LogP contribution is -2.48. The summed E-state index contributed by atoms with van der Waals surface area (Å²) in [5.41, 5.74) is 2.41. The zero-order chi connectivity index (χ0) is 12.4. The van der Waals surface area contributed by atoms with Crippen molar-refractivity contribution in [3.05, 3.63) is 29.6 Å². The van der Waals surface area contributed by atoms with Gasteiger partial charge < -0.3 is 9.47 Å². The fourth-order valence-corrected chi connectivity index (χ4v) is 2.83. The van der Waals surface area contributed by atoms with Gasteiger partial charge in [0.25, 0.3) is 0 Å². The molecule has 0 bridgehead atoms. The Balaban J connectivity index is 1.68. The van der Waals surface area contributed by atoms with E-state index in [9.17, 15) is 0 Å². The molecule has 98 valence electrons. The average Bonchev–Trinajstić information content (AvgIpc) is 2.80. The van der Waals surface area contributed by atoms with Gasteiger partial charge in [0, 0.05) is 19.2 Å². The maximum absolute atomic E-state index is 5.80. The van der Waals surface area contributed by atoms with E-state index in [0.29, 0.717) is 0 Å². The third-order valence-corrected chi connectivity index (χ3v) is 3.80. The van der Waals surface area contributed by atoms with Gasteiger partial charge in [-0.25, -0.2) is 0 Å². The highest BCUT2D eigenvalue weighted by molar-refractivity contribution is 5.17. The molecule has 3 heterocycles. The first kappa shape index (κ1) is 12.1. The van der Waals surface area contributed by atoms with E-state index in [1.807, 2.05) is 12.3 Å². The number of ether oxygens (including phenoxy) is 2. The lowest BCUT2D eigenvalue weighted by atomic mass is 10.0. The van der Waals surface area contributed by atoms with Crippen LogP contribution in [0.5, 0.6) is 0 Å². The molecule has 0 aliphatic carbocycles. The second kappa shape index (κ2) is 4.96. The van der Waals surface area contributed by atoms with Gasteiger partial charge in [0.15, 0.2) is 5.79 Å². The van der Waals surface area contributed by atoms with E-state index in [4.69, 9.17) is 9.47 Å². The minimum Gasteiger partial charge on any atom is -0.346 e. The Morgan fingerprint density at radius 2 is 2.22 bits per heavy atom. The van der Waals surface area contributed by atoms with Crippen LogP contribution in [-0.2, 0) is 16.0 Å². The van der Waals surface area contributed by atoms with Crippen molar-refractivity contribution in [2.24, 2.45) is 0 Å². The van der Waals surface area contributed by atoms with Crippen molar-refractivity contribution in [2.45, 2.75) is 32.1 Å². The Bertz CT molecular complexity index is 416. The number of hydrogen-bond acceptors (Lipinski definition) is 4. The number of piperidine rings is 1. The van der Waals surface area contributed by atoms with E-state index < -0.39 is 0 Å². The van der Waals surface area contributed by atoms with Crippen LogP contribution >= 0.6 is 0 Å². The molecule has 0 amide bonds. The van der Waals surface area contributed by atoms with Crippen molar-refractivity contribution in [3.63, 3.8) is 0 Å². The van der Waals surface area contributed by atoms with Gasteiger partial charge in [-0.15, -0.1) is 0 Å². The fraction of sp³-hybridized carbons (Fsp3) is 0.643. The van der Waals surface area contributed by atoms with Gasteiger partial charge in [-0.3, -0.25) is 9.88 Å². The smallest absolute Gasteiger partial charge is 0.181 e. The predicted molar refractivity (Wildman–Crippen MR) is 68.1 cm³/mol. The summed E-state index contributed by atoms with van der Waals surface area (Å²) in [6, 6.07) is 4.10. The summed E-state index contributed by atoms with van der Waals surface area (Å²) in [4.78, 5) is 6.86. The first-order chi connectivity index (χ1) is 8.77. The summed E-state index contributed by atoms with van der Waals surface area (Å²) < 4.78 is 11.6. The number of hydrogen-bond donors (Lipinski definition) is 0. The Morgan fingerprint density at radius 1 is 1.39 bits per heavy atom. The predicted octanol–water partition coefficient (Wildman–Crippen LogP) is 1.73. The molecule has 4 nitrogen and oxygen atoms in total. The van der Waals surface area contributed by atoms with Crippen LogP contribution in [0.15, 0.2) is 18.3 Å². The maximum atomic E-state index is 5.80. The lowest BCUT2D eigenvalue weighted by molar-refractivity contribution is -0.190. The molecule has 1 aromatic rings. The van der Waals surface area contributed by atoms with E-state index in [-0.39, 0.29) is 5.79 Å². The molecular weight excluding hydrogens is 228 g/mol. The summed E-state index contributed by atoms with van der Waals surface area (Å²) in [6.45, 7) is 6.44. The number of nitrogens with zero attached hydrogens (tertiary/aromatic N) is 2. The van der Waals surface area contributed by atoms with Crippen molar-refractivity contribution in [3.8, 4) is 0 Å². The normalized spacial score (nSPS) is 23.6. The van der Waals surface area contributed by atoms with Crippen LogP contribution in [0.2, 0.25) is 0 Å². The van der Waals surface area contributed by atoms with Crippen molar-refractivity contribution >= 4 is 0 Å². The Labute approximate surface area is 108 Å². The van der Waals surface area contributed by atoms with Crippen LogP contribution in [0.25, 0.3) is 0 Å². The molecule has 0 unspecified atom stereocenters. The Hall–Kier alpha value is -0.970. The fourth-order valence-electron chi connectivity index (χ4n) is 2.83. The van der Waals surface area contributed by atoms with Gasteiger partial charge in [0.05, 0.1) is 25.5 Å². The summed E-state index contributed by atoms with van der Waals surface area (Å²) in [5, 5.41) is 0. The Morgan fingerprint density at radius 3 is 3.00 bits per heavy atom. The lowest BCUT2D eigenvalue weighted by Gasteiger charge is -2.38. The van der Waals surface area contributed by atoms with Crippen LogP contribution < -0.4 is 0 Å². The molecule has 2 fully saturated rings. The number of aromatic nitrogens is 1. The topological polar surface area (TPSA) is 34.6 Å². The third kappa shape index (κ3) is 2.41. The molecule has 2 saturated heterocycles. The monoisotopic (exact) mass is 248 g/mol. The summed E-state index contributed by atoms with van der Waals surface area (Å²) in [7, 11) is 0.